The van der Waals surface area contributed by atoms with Crippen LogP contribution < -0.4 is 0 Å². The van der Waals surface area contributed by atoms with Crippen LogP contribution in [0.1, 0.15) is 13.8 Å². The lowest BCUT2D eigenvalue weighted by Gasteiger charge is -2.00. The monoisotopic (exact) mass is 115 g/mol. The van der Waals surface area contributed by atoms with Crippen LogP contribution in [0.5, 0.6) is 0 Å². The molecule has 0 aromatic rings. The number of carbonyl (C=O) groups excluding carboxylic acids is 2. The van der Waals surface area contributed by atoms with Crippen molar-refractivity contribution in [2.75, 3.05) is 0 Å². The van der Waals surface area contributed by atoms with Gasteiger partial charge in [-0.25, -0.2) is 4.79 Å². The SMILES string of the molecule is CC(C)OC(=O)[C]=O. The van der Waals surface area contributed by atoms with Gasteiger partial charge in [0.15, 0.2) is 0 Å². The largest absolute Gasteiger partial charge is 0.457 e. The van der Waals surface area contributed by atoms with Crippen molar-refractivity contribution in [1.82, 2.24) is 0 Å². The molecule has 0 N–H and O–H groups in total. The average Bonchev–Trinajstić information content (AvgIpc) is 1.65. The normalized spacial score (nSPS) is 8.88. The standard InChI is InChI=1S/C5H7O3/c1-4(2)8-5(7)3-6/h4H,1-2H3. The van der Waals surface area contributed by atoms with Crippen LogP contribution in [0, 0.1) is 0 Å². The van der Waals surface area contributed by atoms with Gasteiger partial charge in [0.2, 0.25) is 0 Å². The lowest BCUT2D eigenvalue weighted by atomic mass is 10.5. The minimum Gasteiger partial charge on any atom is -0.457 e. The minimum atomic E-state index is -0.931. The van der Waals surface area contributed by atoms with Crippen LogP contribution in [0.25, 0.3) is 0 Å². The summed E-state index contributed by atoms with van der Waals surface area (Å²) in [5.41, 5.74) is 0. The lowest BCUT2D eigenvalue weighted by molar-refractivity contribution is -0.139. The number of esters is 1. The number of rotatable bonds is 2. The number of hydrogen-bond acceptors (Lipinski definition) is 3. The molecule has 8 heavy (non-hydrogen) atoms. The van der Waals surface area contributed by atoms with Crippen molar-refractivity contribution in [3.05, 3.63) is 0 Å². The van der Waals surface area contributed by atoms with Crippen LogP contribution in [-0.2, 0) is 14.3 Å². The first kappa shape index (κ1) is 7.14. The summed E-state index contributed by atoms with van der Waals surface area (Å²) in [5, 5.41) is 0. The van der Waals surface area contributed by atoms with Crippen LogP contribution in [0.15, 0.2) is 0 Å². The Bertz CT molecular complexity index is 95.8. The summed E-state index contributed by atoms with van der Waals surface area (Å²) in [6.07, 6.45) is 0.853. The van der Waals surface area contributed by atoms with E-state index in [-0.39, 0.29) is 6.10 Å². The van der Waals surface area contributed by atoms with E-state index >= 15 is 0 Å². The fourth-order valence-corrected chi connectivity index (χ4v) is 0.238. The number of carbonyl (C=O) groups is 1. The second-order valence-corrected chi connectivity index (χ2v) is 1.56. The van der Waals surface area contributed by atoms with Crippen molar-refractivity contribution in [2.45, 2.75) is 20.0 Å². The third-order valence-electron chi connectivity index (χ3n) is 0.426. The first-order valence-electron chi connectivity index (χ1n) is 2.25. The Balaban J connectivity index is 3.39. The van der Waals surface area contributed by atoms with Crippen molar-refractivity contribution in [3.63, 3.8) is 0 Å². The van der Waals surface area contributed by atoms with Crippen LogP contribution in [0.3, 0.4) is 0 Å². The molecule has 0 heterocycles. The summed E-state index contributed by atoms with van der Waals surface area (Å²) in [5.74, 6) is -0.931. The molecule has 0 spiro atoms. The molecular formula is C5H7O3. The summed E-state index contributed by atoms with van der Waals surface area (Å²) in [6.45, 7) is 3.32. The second kappa shape index (κ2) is 3.18. The first-order valence-corrected chi connectivity index (χ1v) is 2.25. The van der Waals surface area contributed by atoms with Gasteiger partial charge >= 0.3 is 12.3 Å². The quantitative estimate of drug-likeness (QED) is 0.377. The highest BCUT2D eigenvalue weighted by Gasteiger charge is 2.01. The minimum absolute atomic E-state index is 0.232. The van der Waals surface area contributed by atoms with E-state index in [1.54, 1.807) is 13.8 Å². The Morgan fingerprint density at radius 2 is 2.12 bits per heavy atom. The van der Waals surface area contributed by atoms with E-state index in [0.717, 1.165) is 6.29 Å². The van der Waals surface area contributed by atoms with Crippen molar-refractivity contribution < 1.29 is 14.3 Å². The zero-order chi connectivity index (χ0) is 6.57. The van der Waals surface area contributed by atoms with Gasteiger partial charge in [0.05, 0.1) is 6.10 Å². The molecule has 0 rings (SSSR count). The van der Waals surface area contributed by atoms with Crippen molar-refractivity contribution >= 4 is 12.3 Å². The Morgan fingerprint density at radius 3 is 2.25 bits per heavy atom. The molecule has 45 valence electrons. The predicted molar refractivity (Wildman–Crippen MR) is 26.9 cm³/mol. The fraction of sp³-hybridized carbons (Fsp3) is 0.600. The van der Waals surface area contributed by atoms with Crippen LogP contribution in [-0.4, -0.2) is 18.4 Å². The molecule has 0 amide bonds. The van der Waals surface area contributed by atoms with E-state index in [2.05, 4.69) is 4.74 Å². The highest BCUT2D eigenvalue weighted by molar-refractivity contribution is 6.20. The third kappa shape index (κ3) is 3.33. The van der Waals surface area contributed by atoms with Gasteiger partial charge in [-0.3, -0.25) is 4.79 Å². The molecule has 0 atom stereocenters. The van der Waals surface area contributed by atoms with Gasteiger partial charge in [0.1, 0.15) is 0 Å². The van der Waals surface area contributed by atoms with Gasteiger partial charge in [0.25, 0.3) is 0 Å². The van der Waals surface area contributed by atoms with Crippen LogP contribution >= 0.6 is 0 Å². The smallest absolute Gasteiger partial charge is 0.383 e. The molecule has 3 nitrogen and oxygen atoms in total. The third-order valence-corrected chi connectivity index (χ3v) is 0.426. The van der Waals surface area contributed by atoms with E-state index in [4.69, 9.17) is 0 Å². The molecule has 0 fully saturated rings. The van der Waals surface area contributed by atoms with Gasteiger partial charge < -0.3 is 4.74 Å². The zero-order valence-electron chi connectivity index (χ0n) is 4.80. The highest BCUT2D eigenvalue weighted by Crippen LogP contribution is 1.84. The molecule has 0 aliphatic carbocycles. The molecule has 0 aromatic heterocycles. The van der Waals surface area contributed by atoms with E-state index in [9.17, 15) is 9.59 Å². The summed E-state index contributed by atoms with van der Waals surface area (Å²) in [7, 11) is 0. The Kier molecular flexibility index (Phi) is 2.84. The van der Waals surface area contributed by atoms with E-state index in [1.807, 2.05) is 0 Å². The van der Waals surface area contributed by atoms with Gasteiger partial charge in [-0.05, 0) is 13.8 Å². The molecule has 0 saturated heterocycles. The molecule has 0 aliphatic rings. The predicted octanol–water partition coefficient (Wildman–Crippen LogP) is 0.0477. The first-order chi connectivity index (χ1) is 3.66. The molecule has 0 saturated carbocycles. The Morgan fingerprint density at radius 1 is 1.62 bits per heavy atom. The van der Waals surface area contributed by atoms with Crippen molar-refractivity contribution in [3.8, 4) is 0 Å². The Hall–Kier alpha value is -0.860. The van der Waals surface area contributed by atoms with Crippen molar-refractivity contribution in [1.29, 1.82) is 0 Å². The summed E-state index contributed by atoms with van der Waals surface area (Å²) < 4.78 is 4.34. The maximum atomic E-state index is 9.98. The average molecular weight is 115 g/mol. The van der Waals surface area contributed by atoms with Crippen molar-refractivity contribution in [2.24, 2.45) is 0 Å². The molecule has 0 aromatic carbocycles. The molecular weight excluding hydrogens is 108 g/mol. The summed E-state index contributed by atoms with van der Waals surface area (Å²) in [6, 6.07) is 0. The summed E-state index contributed by atoms with van der Waals surface area (Å²) >= 11 is 0. The topological polar surface area (TPSA) is 43.4 Å². The molecule has 1 radical (unpaired) electrons. The van der Waals surface area contributed by atoms with Gasteiger partial charge in [-0.2, -0.15) is 0 Å². The van der Waals surface area contributed by atoms with E-state index in [1.165, 1.54) is 0 Å². The molecule has 0 unspecified atom stereocenters. The second-order valence-electron chi connectivity index (χ2n) is 1.56. The maximum Gasteiger partial charge on any atom is 0.383 e. The van der Waals surface area contributed by atoms with E-state index < -0.39 is 5.97 Å². The highest BCUT2D eigenvalue weighted by atomic mass is 16.5. The van der Waals surface area contributed by atoms with Gasteiger partial charge in [0, 0.05) is 0 Å². The molecule has 0 aliphatic heterocycles. The van der Waals surface area contributed by atoms with Gasteiger partial charge in [-0.1, -0.05) is 0 Å². The zero-order valence-corrected chi connectivity index (χ0v) is 4.80. The number of hydrogen-bond donors (Lipinski definition) is 0. The lowest BCUT2D eigenvalue weighted by Crippen LogP contribution is -2.11. The van der Waals surface area contributed by atoms with E-state index in [0.29, 0.717) is 0 Å². The molecule has 0 bridgehead atoms. The Labute approximate surface area is 47.6 Å². The fourth-order valence-electron chi connectivity index (χ4n) is 0.238. The molecule has 3 heteroatoms. The van der Waals surface area contributed by atoms with Crippen LogP contribution in [0.4, 0.5) is 0 Å². The van der Waals surface area contributed by atoms with Crippen LogP contribution in [0.2, 0.25) is 0 Å². The summed E-state index contributed by atoms with van der Waals surface area (Å²) in [4.78, 5) is 19.4. The van der Waals surface area contributed by atoms with Gasteiger partial charge in [-0.15, -0.1) is 0 Å². The number of ether oxygens (including phenoxy) is 1. The maximum absolute atomic E-state index is 9.98.